The molecule has 2 nitrogen and oxygen atoms in total. The lowest BCUT2D eigenvalue weighted by Gasteiger charge is -2.17. The van der Waals surface area contributed by atoms with Crippen molar-refractivity contribution in [3.8, 4) is 0 Å². The molecule has 0 radical (unpaired) electrons. The number of hydrogen-bond acceptors (Lipinski definition) is 1. The summed E-state index contributed by atoms with van der Waals surface area (Å²) in [5, 5.41) is 0. The van der Waals surface area contributed by atoms with Gasteiger partial charge in [0.15, 0.2) is 0 Å². The van der Waals surface area contributed by atoms with Crippen LogP contribution in [0.2, 0.25) is 0 Å². The topological polar surface area (TPSA) is 20.3 Å². The summed E-state index contributed by atoms with van der Waals surface area (Å²) in [6.07, 6.45) is 0.749. The third-order valence-electron chi connectivity index (χ3n) is 2.71. The molecule has 0 bridgehead atoms. The zero-order valence-electron chi connectivity index (χ0n) is 9.92. The highest BCUT2D eigenvalue weighted by atomic mass is 19.1. The number of amides is 1. The Morgan fingerprint density at radius 2 is 1.61 bits per heavy atom. The van der Waals surface area contributed by atoms with Crippen LogP contribution in [-0.2, 0) is 17.9 Å². The maximum absolute atomic E-state index is 13.5. The first kappa shape index (κ1) is 12.3. The van der Waals surface area contributed by atoms with Gasteiger partial charge in [-0.2, -0.15) is 0 Å². The summed E-state index contributed by atoms with van der Waals surface area (Å²) in [6, 6.07) is 16.1. The number of rotatable bonds is 5. The fraction of sp³-hybridized carbons (Fsp3) is 0.133. The van der Waals surface area contributed by atoms with Crippen LogP contribution in [0.4, 0.5) is 4.39 Å². The van der Waals surface area contributed by atoms with Crippen LogP contribution in [0.1, 0.15) is 11.1 Å². The van der Waals surface area contributed by atoms with E-state index in [0.717, 1.165) is 12.0 Å². The summed E-state index contributed by atoms with van der Waals surface area (Å²) in [5.74, 6) is -0.280. The third-order valence-corrected chi connectivity index (χ3v) is 2.71. The van der Waals surface area contributed by atoms with Gasteiger partial charge >= 0.3 is 0 Å². The van der Waals surface area contributed by atoms with Crippen LogP contribution in [0.5, 0.6) is 0 Å². The molecule has 2 aromatic carbocycles. The second-order valence-corrected chi connectivity index (χ2v) is 4.09. The molecular formula is C15H14FNO. The van der Waals surface area contributed by atoms with Gasteiger partial charge in [0.2, 0.25) is 6.41 Å². The Morgan fingerprint density at radius 1 is 0.944 bits per heavy atom. The zero-order chi connectivity index (χ0) is 12.8. The average Bonchev–Trinajstić information content (AvgIpc) is 2.41. The van der Waals surface area contributed by atoms with E-state index < -0.39 is 0 Å². The van der Waals surface area contributed by atoms with Crippen molar-refractivity contribution in [1.82, 2.24) is 4.90 Å². The van der Waals surface area contributed by atoms with Crippen molar-refractivity contribution in [2.75, 3.05) is 0 Å². The Hall–Kier alpha value is -2.16. The van der Waals surface area contributed by atoms with Crippen LogP contribution in [0.3, 0.4) is 0 Å². The highest BCUT2D eigenvalue weighted by molar-refractivity contribution is 5.47. The minimum Gasteiger partial charge on any atom is -0.336 e. The molecule has 0 fully saturated rings. The van der Waals surface area contributed by atoms with Gasteiger partial charge in [0.1, 0.15) is 5.82 Å². The Balaban J connectivity index is 2.07. The number of benzene rings is 2. The fourth-order valence-electron chi connectivity index (χ4n) is 1.79. The lowest BCUT2D eigenvalue weighted by molar-refractivity contribution is -0.119. The van der Waals surface area contributed by atoms with Crippen molar-refractivity contribution in [3.63, 3.8) is 0 Å². The molecular weight excluding hydrogens is 229 g/mol. The van der Waals surface area contributed by atoms with Crippen molar-refractivity contribution in [2.24, 2.45) is 0 Å². The van der Waals surface area contributed by atoms with Gasteiger partial charge in [-0.1, -0.05) is 48.5 Å². The van der Waals surface area contributed by atoms with Crippen molar-refractivity contribution in [3.05, 3.63) is 71.5 Å². The van der Waals surface area contributed by atoms with Crippen molar-refractivity contribution in [2.45, 2.75) is 13.1 Å². The summed E-state index contributed by atoms with van der Waals surface area (Å²) in [7, 11) is 0. The van der Waals surface area contributed by atoms with E-state index in [1.807, 2.05) is 30.3 Å². The normalized spacial score (nSPS) is 10.1. The summed E-state index contributed by atoms with van der Waals surface area (Å²) >= 11 is 0. The highest BCUT2D eigenvalue weighted by Gasteiger charge is 2.07. The molecule has 2 rings (SSSR count). The number of halogens is 1. The fourth-order valence-corrected chi connectivity index (χ4v) is 1.79. The van der Waals surface area contributed by atoms with Crippen LogP contribution >= 0.6 is 0 Å². The largest absolute Gasteiger partial charge is 0.336 e. The van der Waals surface area contributed by atoms with E-state index in [1.54, 1.807) is 23.1 Å². The second-order valence-electron chi connectivity index (χ2n) is 4.09. The van der Waals surface area contributed by atoms with Gasteiger partial charge in [-0.25, -0.2) is 4.39 Å². The highest BCUT2D eigenvalue weighted by Crippen LogP contribution is 2.11. The smallest absolute Gasteiger partial charge is 0.210 e. The minimum absolute atomic E-state index is 0.280. The molecule has 0 spiro atoms. The van der Waals surface area contributed by atoms with E-state index in [-0.39, 0.29) is 12.4 Å². The maximum atomic E-state index is 13.5. The van der Waals surface area contributed by atoms with Gasteiger partial charge in [0.25, 0.3) is 0 Å². The van der Waals surface area contributed by atoms with Gasteiger partial charge in [-0.05, 0) is 11.6 Å². The lowest BCUT2D eigenvalue weighted by atomic mass is 10.1. The first-order valence-electron chi connectivity index (χ1n) is 5.76. The third kappa shape index (κ3) is 3.17. The van der Waals surface area contributed by atoms with Gasteiger partial charge in [0, 0.05) is 18.7 Å². The molecule has 0 aliphatic rings. The standard InChI is InChI=1S/C15H14FNO/c16-15-9-5-4-8-14(15)11-17(12-18)10-13-6-2-1-3-7-13/h1-9,12H,10-11H2. The summed E-state index contributed by atoms with van der Waals surface area (Å²) in [4.78, 5) is 12.6. The molecule has 92 valence electrons. The molecule has 0 saturated carbocycles. The van der Waals surface area contributed by atoms with E-state index in [1.165, 1.54) is 6.07 Å². The van der Waals surface area contributed by atoms with Crippen molar-refractivity contribution in [1.29, 1.82) is 0 Å². The molecule has 0 aromatic heterocycles. The Morgan fingerprint density at radius 3 is 2.28 bits per heavy atom. The number of nitrogens with zero attached hydrogens (tertiary/aromatic N) is 1. The van der Waals surface area contributed by atoms with Crippen LogP contribution in [0.15, 0.2) is 54.6 Å². The lowest BCUT2D eigenvalue weighted by Crippen LogP contribution is -2.21. The molecule has 0 atom stereocenters. The molecule has 0 unspecified atom stereocenters. The van der Waals surface area contributed by atoms with Gasteiger partial charge in [-0.15, -0.1) is 0 Å². The van der Waals surface area contributed by atoms with Gasteiger partial charge in [0.05, 0.1) is 0 Å². The predicted molar refractivity (Wildman–Crippen MR) is 68.2 cm³/mol. The van der Waals surface area contributed by atoms with E-state index in [4.69, 9.17) is 0 Å². The molecule has 2 aromatic rings. The summed E-state index contributed by atoms with van der Waals surface area (Å²) < 4.78 is 13.5. The molecule has 18 heavy (non-hydrogen) atoms. The number of hydrogen-bond donors (Lipinski definition) is 0. The first-order valence-corrected chi connectivity index (χ1v) is 5.76. The Bertz CT molecular complexity index is 513. The monoisotopic (exact) mass is 243 g/mol. The predicted octanol–water partition coefficient (Wildman–Crippen LogP) is 2.98. The molecule has 0 N–H and O–H groups in total. The van der Waals surface area contributed by atoms with Crippen LogP contribution < -0.4 is 0 Å². The second kappa shape index (κ2) is 5.96. The maximum Gasteiger partial charge on any atom is 0.210 e. The summed E-state index contributed by atoms with van der Waals surface area (Å²) in [5.41, 5.74) is 1.56. The Kier molecular flexibility index (Phi) is 4.07. The van der Waals surface area contributed by atoms with E-state index >= 15 is 0 Å². The molecule has 1 amide bonds. The van der Waals surface area contributed by atoms with E-state index in [0.29, 0.717) is 12.1 Å². The SMILES string of the molecule is O=CN(Cc1ccccc1)Cc1ccccc1F. The van der Waals surface area contributed by atoms with Crippen molar-refractivity contribution >= 4 is 6.41 Å². The average molecular weight is 243 g/mol. The molecule has 3 heteroatoms. The van der Waals surface area contributed by atoms with E-state index in [2.05, 4.69) is 0 Å². The van der Waals surface area contributed by atoms with Crippen LogP contribution in [0.25, 0.3) is 0 Å². The van der Waals surface area contributed by atoms with Gasteiger partial charge < -0.3 is 4.90 Å². The van der Waals surface area contributed by atoms with Gasteiger partial charge in [-0.3, -0.25) is 4.79 Å². The van der Waals surface area contributed by atoms with Crippen molar-refractivity contribution < 1.29 is 9.18 Å². The first-order chi connectivity index (χ1) is 8.79. The molecule has 0 aliphatic heterocycles. The molecule has 0 heterocycles. The van der Waals surface area contributed by atoms with Crippen LogP contribution in [0, 0.1) is 5.82 Å². The number of carbonyl (C=O) groups excluding carboxylic acids is 1. The zero-order valence-corrected chi connectivity index (χ0v) is 9.92. The quantitative estimate of drug-likeness (QED) is 0.739. The minimum atomic E-state index is -0.280. The summed E-state index contributed by atoms with van der Waals surface area (Å²) in [6.45, 7) is 0.768. The Labute approximate surface area is 106 Å². The molecule has 0 aliphatic carbocycles. The molecule has 0 saturated heterocycles. The number of carbonyl (C=O) groups is 1. The van der Waals surface area contributed by atoms with Crippen LogP contribution in [-0.4, -0.2) is 11.3 Å². The van der Waals surface area contributed by atoms with E-state index in [9.17, 15) is 9.18 Å².